The molecule has 0 heterocycles. The molecule has 2 saturated carbocycles. The van der Waals surface area contributed by atoms with Gasteiger partial charge in [-0.1, -0.05) is 54.9 Å². The summed E-state index contributed by atoms with van der Waals surface area (Å²) in [7, 11) is 0. The van der Waals surface area contributed by atoms with Crippen LogP contribution in [0.15, 0.2) is 36.0 Å². The van der Waals surface area contributed by atoms with Gasteiger partial charge in [0.15, 0.2) is 12.4 Å². The number of hydrogen-bond acceptors (Lipinski definition) is 5. The summed E-state index contributed by atoms with van der Waals surface area (Å²) in [6.07, 6.45) is 10.3. The van der Waals surface area contributed by atoms with Crippen molar-refractivity contribution in [2.45, 2.75) is 55.8 Å². The van der Waals surface area contributed by atoms with Gasteiger partial charge < -0.3 is 9.84 Å². The fourth-order valence-corrected chi connectivity index (χ4v) is 8.51. The van der Waals surface area contributed by atoms with Gasteiger partial charge >= 0.3 is 5.97 Å². The zero-order chi connectivity index (χ0) is 23.0. The molecule has 0 bridgehead atoms. The Morgan fingerprint density at radius 1 is 1.32 bits per heavy atom. The number of fused-ring (bicyclic) bond motifs is 5. The van der Waals surface area contributed by atoms with Crippen LogP contribution in [0.2, 0.25) is 0 Å². The van der Waals surface area contributed by atoms with Crippen LogP contribution in [0.25, 0.3) is 0 Å². The summed E-state index contributed by atoms with van der Waals surface area (Å²) in [5, 5.41) is 11.4. The first kappa shape index (κ1) is 22.9. The number of ether oxygens (including phenoxy) is 1. The van der Waals surface area contributed by atoms with Crippen molar-refractivity contribution in [1.29, 1.82) is 0 Å². The Morgan fingerprint density at radius 2 is 2.00 bits per heavy atom. The predicted octanol–water partition coefficient (Wildman–Crippen LogP) is 3.91. The van der Waals surface area contributed by atoms with Gasteiger partial charge in [-0.05, 0) is 48.3 Å². The number of ketones is 2. The third kappa shape index (κ3) is 2.80. The van der Waals surface area contributed by atoms with E-state index in [0.717, 1.165) is 5.57 Å². The third-order valence-corrected chi connectivity index (χ3v) is 11.2. The molecule has 4 aliphatic carbocycles. The monoisotopic (exact) mass is 510 g/mol. The SMILES string of the molecule is CC(=O)OCC(=O)[C@@]1(O)[C@@H](C)C[C@H]2[C@@H]3C=CC4=CC(=O)C=C[C@]4(C)[C@@]3(Br)[C@@H](Cl)C[C@@]21C. The molecule has 0 aromatic heterocycles. The summed E-state index contributed by atoms with van der Waals surface area (Å²) in [5.74, 6) is -1.47. The van der Waals surface area contributed by atoms with Crippen molar-refractivity contribution >= 4 is 45.1 Å². The van der Waals surface area contributed by atoms with Crippen LogP contribution in [-0.4, -0.2) is 44.6 Å². The van der Waals surface area contributed by atoms with E-state index in [4.69, 9.17) is 16.3 Å². The van der Waals surface area contributed by atoms with E-state index in [2.05, 4.69) is 28.9 Å². The van der Waals surface area contributed by atoms with Crippen molar-refractivity contribution in [2.75, 3.05) is 6.61 Å². The second-order valence-electron chi connectivity index (χ2n) is 9.99. The summed E-state index contributed by atoms with van der Waals surface area (Å²) in [6.45, 7) is 6.71. The van der Waals surface area contributed by atoms with Crippen LogP contribution in [0.5, 0.6) is 0 Å². The van der Waals surface area contributed by atoms with Gasteiger partial charge in [0.05, 0.1) is 9.70 Å². The van der Waals surface area contributed by atoms with E-state index in [1.807, 2.05) is 26.0 Å². The number of allylic oxidation sites excluding steroid dienone is 6. The quantitative estimate of drug-likeness (QED) is 0.459. The van der Waals surface area contributed by atoms with E-state index in [1.54, 1.807) is 12.2 Å². The molecule has 0 amide bonds. The number of rotatable bonds is 3. The first-order valence-electron chi connectivity index (χ1n) is 10.7. The molecular weight excluding hydrogens is 484 g/mol. The van der Waals surface area contributed by atoms with Crippen molar-refractivity contribution in [1.82, 2.24) is 0 Å². The molecule has 7 heteroatoms. The lowest BCUT2D eigenvalue weighted by Crippen LogP contribution is -2.66. The molecular formula is C24H28BrClO5. The van der Waals surface area contributed by atoms with E-state index in [1.165, 1.54) is 6.92 Å². The highest BCUT2D eigenvalue weighted by molar-refractivity contribution is 9.10. The van der Waals surface area contributed by atoms with Gasteiger partial charge in [-0.2, -0.15) is 0 Å². The molecule has 2 fully saturated rings. The van der Waals surface area contributed by atoms with E-state index >= 15 is 0 Å². The zero-order valence-corrected chi connectivity index (χ0v) is 20.5. The highest BCUT2D eigenvalue weighted by Crippen LogP contribution is 2.71. The van der Waals surface area contributed by atoms with Crippen molar-refractivity contribution in [2.24, 2.45) is 28.6 Å². The standard InChI is InChI=1S/C24H28BrClO5/c1-13-9-18-17-6-5-15-10-16(28)7-8-21(15,3)23(17,25)19(26)11-22(18,4)24(13,30)20(29)12-31-14(2)27/h5-8,10,13,17-19,30H,9,11-12H2,1-4H3/t13-,17-,18-,19-,21-,22-,23-,24-/m0/s1. The second kappa shape index (κ2) is 7.13. The summed E-state index contributed by atoms with van der Waals surface area (Å²) in [5.41, 5.74) is -2.01. The first-order chi connectivity index (χ1) is 14.3. The topological polar surface area (TPSA) is 80.7 Å². The van der Waals surface area contributed by atoms with Crippen LogP contribution in [0.1, 0.15) is 40.5 Å². The molecule has 0 aromatic rings. The van der Waals surface area contributed by atoms with Crippen molar-refractivity contribution in [3.63, 3.8) is 0 Å². The van der Waals surface area contributed by atoms with Crippen molar-refractivity contribution in [3.8, 4) is 0 Å². The Hall–Kier alpha value is -1.24. The fourth-order valence-electron chi connectivity index (χ4n) is 6.82. The minimum Gasteiger partial charge on any atom is -0.458 e. The largest absolute Gasteiger partial charge is 0.458 e. The van der Waals surface area contributed by atoms with Crippen LogP contribution in [-0.2, 0) is 19.1 Å². The number of halogens is 2. The zero-order valence-electron chi connectivity index (χ0n) is 18.2. The Balaban J connectivity index is 1.80. The molecule has 0 unspecified atom stereocenters. The van der Waals surface area contributed by atoms with Crippen LogP contribution in [0.4, 0.5) is 0 Å². The molecule has 0 aliphatic heterocycles. The Labute approximate surface area is 196 Å². The molecule has 4 rings (SSSR count). The van der Waals surface area contributed by atoms with Crippen molar-refractivity contribution in [3.05, 3.63) is 36.0 Å². The second-order valence-corrected chi connectivity index (χ2v) is 11.8. The van der Waals surface area contributed by atoms with Crippen LogP contribution in [0, 0.1) is 28.6 Å². The average Bonchev–Trinajstić information content (AvgIpc) is 2.89. The van der Waals surface area contributed by atoms with Crippen LogP contribution >= 0.6 is 27.5 Å². The molecule has 0 aromatic carbocycles. The average molecular weight is 512 g/mol. The number of aliphatic hydroxyl groups is 1. The summed E-state index contributed by atoms with van der Waals surface area (Å²) >= 11 is 11.1. The normalized spacial score (nSPS) is 47.8. The van der Waals surface area contributed by atoms with E-state index in [9.17, 15) is 19.5 Å². The Kier molecular flexibility index (Phi) is 5.27. The highest BCUT2D eigenvalue weighted by atomic mass is 79.9. The lowest BCUT2D eigenvalue weighted by molar-refractivity contribution is -0.170. The van der Waals surface area contributed by atoms with Gasteiger partial charge in [0.2, 0.25) is 5.78 Å². The molecule has 0 spiro atoms. The maximum absolute atomic E-state index is 13.2. The van der Waals surface area contributed by atoms with Gasteiger partial charge in [0.25, 0.3) is 0 Å². The first-order valence-corrected chi connectivity index (χ1v) is 11.9. The highest BCUT2D eigenvalue weighted by Gasteiger charge is 2.73. The lowest BCUT2D eigenvalue weighted by Gasteiger charge is -2.62. The molecule has 1 N–H and O–H groups in total. The van der Waals surface area contributed by atoms with Gasteiger partial charge in [-0.25, -0.2) is 0 Å². The number of alkyl halides is 2. The van der Waals surface area contributed by atoms with E-state index in [0.29, 0.717) is 12.8 Å². The predicted molar refractivity (Wildman–Crippen MR) is 121 cm³/mol. The Bertz CT molecular complexity index is 956. The minimum absolute atomic E-state index is 0.0243. The number of carbonyl (C=O) groups excluding carboxylic acids is 3. The van der Waals surface area contributed by atoms with E-state index < -0.39 is 44.5 Å². The van der Waals surface area contributed by atoms with Crippen LogP contribution in [0.3, 0.4) is 0 Å². The third-order valence-electron chi connectivity index (χ3n) is 8.58. The van der Waals surface area contributed by atoms with Gasteiger partial charge in [0.1, 0.15) is 5.60 Å². The summed E-state index contributed by atoms with van der Waals surface area (Å²) in [4.78, 5) is 36.4. The molecule has 8 atom stereocenters. The molecule has 168 valence electrons. The lowest BCUT2D eigenvalue weighted by atomic mass is 9.48. The summed E-state index contributed by atoms with van der Waals surface area (Å²) in [6, 6.07) is 0. The minimum atomic E-state index is -1.64. The molecule has 4 aliphatic rings. The molecule has 0 radical (unpaired) electrons. The van der Waals surface area contributed by atoms with Gasteiger partial charge in [-0.15, -0.1) is 11.6 Å². The molecule has 31 heavy (non-hydrogen) atoms. The van der Waals surface area contributed by atoms with Gasteiger partial charge in [-0.3, -0.25) is 14.4 Å². The fraction of sp³-hybridized carbons (Fsp3) is 0.625. The summed E-state index contributed by atoms with van der Waals surface area (Å²) < 4.78 is 4.38. The number of Topliss-reactive ketones (excluding diaryl/α,β-unsaturated/α-hetero) is 1. The van der Waals surface area contributed by atoms with E-state index in [-0.39, 0.29) is 23.5 Å². The van der Waals surface area contributed by atoms with Crippen LogP contribution < -0.4 is 0 Å². The van der Waals surface area contributed by atoms with Gasteiger partial charge in [0, 0.05) is 17.8 Å². The van der Waals surface area contributed by atoms with Crippen molar-refractivity contribution < 1.29 is 24.2 Å². The molecule has 5 nitrogen and oxygen atoms in total. The maximum Gasteiger partial charge on any atom is 0.303 e. The molecule has 0 saturated heterocycles. The number of esters is 1. The smallest absolute Gasteiger partial charge is 0.303 e. The Morgan fingerprint density at radius 3 is 2.65 bits per heavy atom. The maximum atomic E-state index is 13.2. The number of carbonyl (C=O) groups is 3. The number of hydrogen-bond donors (Lipinski definition) is 1.